The molecular formula is C18H25IN4O. The van der Waals surface area contributed by atoms with Gasteiger partial charge in [-0.1, -0.05) is 56.0 Å². The molecule has 1 aliphatic rings. The zero-order valence-corrected chi connectivity index (χ0v) is 16.1. The molecule has 0 spiro atoms. The van der Waals surface area contributed by atoms with Crippen LogP contribution in [0.3, 0.4) is 0 Å². The Balaban J connectivity index is 0.00000208. The van der Waals surface area contributed by atoms with Crippen LogP contribution in [0, 0.1) is 0 Å². The molecule has 1 saturated carbocycles. The lowest BCUT2D eigenvalue weighted by atomic mass is 10.1. The number of nitrogens with zero attached hydrogens (tertiary/aromatic N) is 2. The molecule has 1 heterocycles. The van der Waals surface area contributed by atoms with E-state index in [0.717, 1.165) is 11.3 Å². The fourth-order valence-electron chi connectivity index (χ4n) is 2.95. The molecule has 1 aromatic carbocycles. The van der Waals surface area contributed by atoms with Crippen LogP contribution in [-0.2, 0) is 6.54 Å². The van der Waals surface area contributed by atoms with Gasteiger partial charge in [-0.15, -0.1) is 24.0 Å². The first-order chi connectivity index (χ1) is 11.3. The van der Waals surface area contributed by atoms with Gasteiger partial charge in [-0.25, -0.2) is 9.98 Å². The number of hydrogen-bond donors (Lipinski definition) is 2. The molecule has 1 fully saturated rings. The number of benzene rings is 1. The molecule has 0 unspecified atom stereocenters. The first-order valence-corrected chi connectivity index (χ1v) is 8.38. The molecule has 0 bridgehead atoms. The van der Waals surface area contributed by atoms with Gasteiger partial charge in [0.2, 0.25) is 5.89 Å². The molecule has 0 saturated heterocycles. The van der Waals surface area contributed by atoms with Gasteiger partial charge in [-0.05, 0) is 12.8 Å². The smallest absolute Gasteiger partial charge is 0.216 e. The molecular weight excluding hydrogens is 415 g/mol. The highest BCUT2D eigenvalue weighted by atomic mass is 127. The van der Waals surface area contributed by atoms with Gasteiger partial charge in [0.1, 0.15) is 6.54 Å². The van der Waals surface area contributed by atoms with Gasteiger partial charge in [0, 0.05) is 11.6 Å². The molecule has 0 aliphatic heterocycles. The monoisotopic (exact) mass is 440 g/mol. The second-order valence-electron chi connectivity index (χ2n) is 6.02. The van der Waals surface area contributed by atoms with Crippen LogP contribution in [0.5, 0.6) is 0 Å². The highest BCUT2D eigenvalue weighted by molar-refractivity contribution is 14.0. The zero-order valence-electron chi connectivity index (χ0n) is 13.8. The third-order valence-corrected chi connectivity index (χ3v) is 4.20. The van der Waals surface area contributed by atoms with Crippen molar-refractivity contribution in [1.82, 2.24) is 10.3 Å². The molecule has 6 heteroatoms. The van der Waals surface area contributed by atoms with Crippen molar-refractivity contribution in [2.45, 2.75) is 51.1 Å². The average Bonchev–Trinajstić information content (AvgIpc) is 2.91. The molecule has 3 N–H and O–H groups in total. The summed E-state index contributed by atoms with van der Waals surface area (Å²) >= 11 is 0. The average molecular weight is 440 g/mol. The van der Waals surface area contributed by atoms with Crippen LogP contribution in [0.25, 0.3) is 11.3 Å². The van der Waals surface area contributed by atoms with E-state index in [9.17, 15) is 0 Å². The number of halogens is 1. The number of hydrogen-bond acceptors (Lipinski definition) is 3. The topological polar surface area (TPSA) is 76.4 Å². The van der Waals surface area contributed by atoms with E-state index in [-0.39, 0.29) is 24.0 Å². The number of oxazole rings is 1. The third-order valence-electron chi connectivity index (χ3n) is 4.20. The molecule has 1 aliphatic carbocycles. The Labute approximate surface area is 160 Å². The molecule has 1 aromatic heterocycles. The molecule has 2 aromatic rings. The lowest BCUT2D eigenvalue weighted by Gasteiger charge is -2.16. The Hall–Kier alpha value is -1.57. The first kappa shape index (κ1) is 18.8. The van der Waals surface area contributed by atoms with E-state index in [4.69, 9.17) is 10.2 Å². The fraction of sp³-hybridized carbons (Fsp3) is 0.444. The summed E-state index contributed by atoms with van der Waals surface area (Å²) in [7, 11) is 0. The van der Waals surface area contributed by atoms with Crippen molar-refractivity contribution in [2.75, 3.05) is 0 Å². The summed E-state index contributed by atoms with van der Waals surface area (Å²) in [5.74, 6) is 1.82. The van der Waals surface area contributed by atoms with E-state index in [1.54, 1.807) is 6.20 Å². The summed E-state index contributed by atoms with van der Waals surface area (Å²) in [5, 5.41) is 3.33. The Bertz CT molecular complexity index is 633. The highest BCUT2D eigenvalue weighted by Gasteiger charge is 2.12. The second-order valence-corrected chi connectivity index (χ2v) is 6.02. The van der Waals surface area contributed by atoms with Gasteiger partial charge in [-0.3, -0.25) is 0 Å². The largest absolute Gasteiger partial charge is 0.439 e. The van der Waals surface area contributed by atoms with Crippen molar-refractivity contribution in [1.29, 1.82) is 0 Å². The quantitative estimate of drug-likeness (QED) is 0.325. The molecule has 24 heavy (non-hydrogen) atoms. The van der Waals surface area contributed by atoms with Gasteiger partial charge in [-0.2, -0.15) is 0 Å². The Kier molecular flexibility index (Phi) is 7.55. The van der Waals surface area contributed by atoms with Gasteiger partial charge in [0.15, 0.2) is 11.7 Å². The number of guanidine groups is 1. The Morgan fingerprint density at radius 3 is 2.58 bits per heavy atom. The van der Waals surface area contributed by atoms with E-state index in [2.05, 4.69) is 15.3 Å². The van der Waals surface area contributed by atoms with Crippen LogP contribution in [0.15, 0.2) is 45.9 Å². The van der Waals surface area contributed by atoms with E-state index in [0.29, 0.717) is 24.4 Å². The minimum atomic E-state index is 0. The standard InChI is InChI=1S/C18H24N4O.HI/c19-18(22-15-10-6-1-2-7-11-15)21-13-17-20-12-16(23-17)14-8-4-3-5-9-14;/h3-5,8-9,12,15H,1-2,6-7,10-11,13H2,(H3,19,21,22);1H. The summed E-state index contributed by atoms with van der Waals surface area (Å²) in [6.45, 7) is 0.360. The fourth-order valence-corrected chi connectivity index (χ4v) is 2.95. The molecule has 0 atom stereocenters. The van der Waals surface area contributed by atoms with Crippen LogP contribution in [0.4, 0.5) is 0 Å². The van der Waals surface area contributed by atoms with E-state index in [1.165, 1.54) is 38.5 Å². The summed E-state index contributed by atoms with van der Waals surface area (Å²) in [6, 6.07) is 10.4. The summed E-state index contributed by atoms with van der Waals surface area (Å²) < 4.78 is 5.73. The van der Waals surface area contributed by atoms with Crippen molar-refractivity contribution in [3.8, 4) is 11.3 Å². The minimum Gasteiger partial charge on any atom is -0.439 e. The summed E-state index contributed by atoms with van der Waals surface area (Å²) in [5.41, 5.74) is 7.00. The van der Waals surface area contributed by atoms with Crippen LogP contribution < -0.4 is 11.1 Å². The zero-order chi connectivity index (χ0) is 15.9. The van der Waals surface area contributed by atoms with E-state index < -0.39 is 0 Å². The van der Waals surface area contributed by atoms with Crippen molar-refractivity contribution in [3.05, 3.63) is 42.4 Å². The minimum absolute atomic E-state index is 0. The Morgan fingerprint density at radius 2 is 1.88 bits per heavy atom. The van der Waals surface area contributed by atoms with Crippen molar-refractivity contribution >= 4 is 29.9 Å². The van der Waals surface area contributed by atoms with E-state index >= 15 is 0 Å². The number of nitrogens with one attached hydrogen (secondary N) is 1. The van der Waals surface area contributed by atoms with E-state index in [1.807, 2.05) is 30.3 Å². The molecule has 5 nitrogen and oxygen atoms in total. The number of nitrogens with two attached hydrogens (primary N) is 1. The predicted octanol–water partition coefficient (Wildman–Crippen LogP) is 4.09. The third kappa shape index (κ3) is 5.51. The summed E-state index contributed by atoms with van der Waals surface area (Å²) in [6.07, 6.45) is 9.27. The van der Waals surface area contributed by atoms with Crippen LogP contribution in [0.2, 0.25) is 0 Å². The Morgan fingerprint density at radius 1 is 1.17 bits per heavy atom. The van der Waals surface area contributed by atoms with Gasteiger partial charge >= 0.3 is 0 Å². The number of rotatable bonds is 4. The van der Waals surface area contributed by atoms with Crippen LogP contribution in [0.1, 0.15) is 44.4 Å². The lowest BCUT2D eigenvalue weighted by molar-refractivity contribution is 0.505. The van der Waals surface area contributed by atoms with Crippen molar-refractivity contribution < 1.29 is 4.42 Å². The second kappa shape index (κ2) is 9.66. The number of aromatic nitrogens is 1. The normalized spacial score (nSPS) is 16.2. The van der Waals surface area contributed by atoms with Gasteiger partial charge < -0.3 is 15.5 Å². The van der Waals surface area contributed by atoms with Gasteiger partial charge in [0.25, 0.3) is 0 Å². The highest BCUT2D eigenvalue weighted by Crippen LogP contribution is 2.20. The SMILES string of the molecule is I.NC(=NCc1ncc(-c2ccccc2)o1)NC1CCCCCC1. The maximum atomic E-state index is 5.99. The first-order valence-electron chi connectivity index (χ1n) is 8.38. The predicted molar refractivity (Wildman–Crippen MR) is 107 cm³/mol. The maximum absolute atomic E-state index is 5.99. The molecule has 0 radical (unpaired) electrons. The molecule has 130 valence electrons. The van der Waals surface area contributed by atoms with Crippen LogP contribution in [-0.4, -0.2) is 17.0 Å². The lowest BCUT2D eigenvalue weighted by Crippen LogP contribution is -2.39. The van der Waals surface area contributed by atoms with Gasteiger partial charge in [0.05, 0.1) is 6.20 Å². The van der Waals surface area contributed by atoms with Crippen molar-refractivity contribution in [2.24, 2.45) is 10.7 Å². The maximum Gasteiger partial charge on any atom is 0.216 e. The van der Waals surface area contributed by atoms with Crippen LogP contribution >= 0.6 is 24.0 Å². The summed E-state index contributed by atoms with van der Waals surface area (Å²) in [4.78, 5) is 8.62. The molecule has 3 rings (SSSR count). The number of aliphatic imine (C=N–C) groups is 1. The van der Waals surface area contributed by atoms with Crippen molar-refractivity contribution in [3.63, 3.8) is 0 Å². The molecule has 0 amide bonds.